The first-order chi connectivity index (χ1) is 8.83. The lowest BCUT2D eigenvalue weighted by atomic mass is 9.96. The highest BCUT2D eigenvalue weighted by Gasteiger charge is 2.40. The van der Waals surface area contributed by atoms with Gasteiger partial charge in [-0.2, -0.15) is 0 Å². The highest BCUT2D eigenvalue weighted by Crippen LogP contribution is 2.32. The van der Waals surface area contributed by atoms with Gasteiger partial charge in [-0.25, -0.2) is 4.79 Å². The van der Waals surface area contributed by atoms with Gasteiger partial charge in [0.25, 0.3) is 0 Å². The average Bonchev–Trinajstić information content (AvgIpc) is 2.61. The normalized spacial score (nSPS) is 25.3. The quantitative estimate of drug-likeness (QED) is 0.720. The van der Waals surface area contributed by atoms with Crippen LogP contribution in [0.3, 0.4) is 0 Å². The Hall–Kier alpha value is -1.58. The van der Waals surface area contributed by atoms with Crippen LogP contribution in [-0.4, -0.2) is 34.5 Å². The maximum atomic E-state index is 12.3. The lowest BCUT2D eigenvalue weighted by Crippen LogP contribution is -2.48. The first-order valence-corrected chi connectivity index (χ1v) is 6.76. The Morgan fingerprint density at radius 2 is 2.05 bits per heavy atom. The maximum absolute atomic E-state index is 12.3. The van der Waals surface area contributed by atoms with Crippen LogP contribution in [0.2, 0.25) is 0 Å². The molecule has 0 N–H and O–H groups in total. The molecule has 2 rings (SSSR count). The molecule has 2 bridgehead atoms. The molecule has 1 amide bonds. The van der Waals surface area contributed by atoms with Gasteiger partial charge < -0.3 is 4.74 Å². The maximum Gasteiger partial charge on any atom is 0.411 e. The molecule has 0 radical (unpaired) electrons. The molecular formula is C15H21NO3. The van der Waals surface area contributed by atoms with E-state index in [1.165, 1.54) is 0 Å². The monoisotopic (exact) mass is 263 g/mol. The first kappa shape index (κ1) is 13.8. The molecule has 19 heavy (non-hydrogen) atoms. The molecule has 2 heterocycles. The third kappa shape index (κ3) is 2.72. The van der Waals surface area contributed by atoms with E-state index in [1.54, 1.807) is 4.90 Å². The van der Waals surface area contributed by atoms with Gasteiger partial charge in [0, 0.05) is 12.0 Å². The van der Waals surface area contributed by atoms with Crippen molar-refractivity contribution >= 4 is 11.9 Å². The number of amides is 1. The SMILES string of the molecule is CCC(=O)C1=CC[C@@H]2C=C[C@H]1N2C(=O)OC(C)(C)C. The van der Waals surface area contributed by atoms with Gasteiger partial charge in [-0.1, -0.05) is 25.2 Å². The van der Waals surface area contributed by atoms with Gasteiger partial charge in [-0.3, -0.25) is 9.69 Å². The fourth-order valence-electron chi connectivity index (χ4n) is 2.49. The fraction of sp³-hybridized carbons (Fsp3) is 0.600. The Balaban J connectivity index is 2.19. The molecule has 0 saturated heterocycles. The van der Waals surface area contributed by atoms with Crippen LogP contribution < -0.4 is 0 Å². The molecule has 0 aromatic carbocycles. The number of rotatable bonds is 2. The van der Waals surface area contributed by atoms with Crippen LogP contribution in [0.25, 0.3) is 0 Å². The number of ether oxygens (including phenoxy) is 1. The van der Waals surface area contributed by atoms with Gasteiger partial charge >= 0.3 is 6.09 Å². The molecule has 2 aliphatic rings. The van der Waals surface area contributed by atoms with Crippen molar-refractivity contribution in [1.82, 2.24) is 4.90 Å². The van der Waals surface area contributed by atoms with Crippen LogP contribution in [0, 0.1) is 0 Å². The van der Waals surface area contributed by atoms with Crippen LogP contribution in [0.15, 0.2) is 23.8 Å². The summed E-state index contributed by atoms with van der Waals surface area (Å²) in [5.41, 5.74) is 0.199. The molecular weight excluding hydrogens is 242 g/mol. The molecule has 104 valence electrons. The largest absolute Gasteiger partial charge is 0.444 e. The summed E-state index contributed by atoms with van der Waals surface area (Å²) in [5.74, 6) is 0.101. The summed E-state index contributed by atoms with van der Waals surface area (Å²) in [6, 6.07) is -0.227. The van der Waals surface area contributed by atoms with E-state index in [0.717, 1.165) is 5.57 Å². The van der Waals surface area contributed by atoms with Gasteiger partial charge in [0.15, 0.2) is 5.78 Å². The van der Waals surface area contributed by atoms with Gasteiger partial charge in [0.05, 0.1) is 12.1 Å². The van der Waals surface area contributed by atoms with Crippen molar-refractivity contribution in [1.29, 1.82) is 0 Å². The summed E-state index contributed by atoms with van der Waals surface area (Å²) < 4.78 is 5.43. The number of ketones is 1. The Bertz CT molecular complexity index is 457. The molecule has 0 unspecified atom stereocenters. The number of carbonyl (C=O) groups is 2. The van der Waals surface area contributed by atoms with Crippen molar-refractivity contribution in [2.75, 3.05) is 0 Å². The summed E-state index contributed by atoms with van der Waals surface area (Å²) in [4.78, 5) is 25.9. The van der Waals surface area contributed by atoms with Crippen molar-refractivity contribution in [3.8, 4) is 0 Å². The van der Waals surface area contributed by atoms with E-state index in [1.807, 2.05) is 45.9 Å². The van der Waals surface area contributed by atoms with Crippen molar-refractivity contribution in [3.05, 3.63) is 23.8 Å². The Morgan fingerprint density at radius 3 is 2.63 bits per heavy atom. The zero-order valence-corrected chi connectivity index (χ0v) is 12.0. The zero-order chi connectivity index (χ0) is 14.2. The standard InChI is InChI=1S/C15H21NO3/c1-5-13(17)11-8-6-10-7-9-12(11)16(10)14(18)19-15(2,3)4/h7-10,12H,5-6H2,1-4H3/t10-,12-/m1/s1. The summed E-state index contributed by atoms with van der Waals surface area (Å²) in [7, 11) is 0. The summed E-state index contributed by atoms with van der Waals surface area (Å²) in [6.07, 6.45) is 6.68. The molecule has 2 aliphatic heterocycles. The minimum atomic E-state index is -0.521. The highest BCUT2D eigenvalue weighted by atomic mass is 16.6. The van der Waals surface area contributed by atoms with E-state index in [0.29, 0.717) is 12.8 Å². The predicted octanol–water partition coefficient (Wildman–Crippen LogP) is 2.84. The molecule has 4 heteroatoms. The Kier molecular flexibility index (Phi) is 3.52. The average molecular weight is 263 g/mol. The van der Waals surface area contributed by atoms with E-state index >= 15 is 0 Å². The number of nitrogens with zero attached hydrogens (tertiary/aromatic N) is 1. The third-order valence-corrected chi connectivity index (χ3v) is 3.32. The molecule has 0 fully saturated rings. The third-order valence-electron chi connectivity index (χ3n) is 3.32. The Morgan fingerprint density at radius 1 is 1.37 bits per heavy atom. The molecule has 0 aromatic rings. The van der Waals surface area contributed by atoms with Crippen LogP contribution in [0.4, 0.5) is 4.79 Å². The smallest absolute Gasteiger partial charge is 0.411 e. The molecule has 4 nitrogen and oxygen atoms in total. The molecule has 0 saturated carbocycles. The summed E-state index contributed by atoms with van der Waals surface area (Å²) >= 11 is 0. The van der Waals surface area contributed by atoms with Gasteiger partial charge in [0.1, 0.15) is 5.60 Å². The van der Waals surface area contributed by atoms with Crippen LogP contribution in [0.5, 0.6) is 0 Å². The van der Waals surface area contributed by atoms with E-state index in [9.17, 15) is 9.59 Å². The van der Waals surface area contributed by atoms with Crippen molar-refractivity contribution in [2.24, 2.45) is 0 Å². The zero-order valence-electron chi connectivity index (χ0n) is 12.0. The van der Waals surface area contributed by atoms with Crippen molar-refractivity contribution in [2.45, 2.75) is 58.2 Å². The number of hydrogen-bond donors (Lipinski definition) is 0. The van der Waals surface area contributed by atoms with E-state index in [-0.39, 0.29) is 24.0 Å². The Labute approximate surface area is 114 Å². The fourth-order valence-corrected chi connectivity index (χ4v) is 2.49. The number of fused-ring (bicyclic) bond motifs is 2. The van der Waals surface area contributed by atoms with E-state index in [2.05, 4.69) is 0 Å². The highest BCUT2D eigenvalue weighted by molar-refractivity contribution is 5.98. The second kappa shape index (κ2) is 4.83. The molecule has 2 atom stereocenters. The molecule has 0 aromatic heterocycles. The van der Waals surface area contributed by atoms with Gasteiger partial charge in [-0.15, -0.1) is 0 Å². The van der Waals surface area contributed by atoms with Gasteiger partial charge in [0.2, 0.25) is 0 Å². The number of carbonyl (C=O) groups excluding carboxylic acids is 2. The second-order valence-corrected chi connectivity index (χ2v) is 5.96. The number of hydrogen-bond acceptors (Lipinski definition) is 3. The predicted molar refractivity (Wildman–Crippen MR) is 72.8 cm³/mol. The molecule has 0 aliphatic carbocycles. The first-order valence-electron chi connectivity index (χ1n) is 6.76. The van der Waals surface area contributed by atoms with Crippen LogP contribution in [-0.2, 0) is 9.53 Å². The minimum Gasteiger partial charge on any atom is -0.444 e. The summed E-state index contributed by atoms with van der Waals surface area (Å²) in [6.45, 7) is 7.38. The lowest BCUT2D eigenvalue weighted by molar-refractivity contribution is -0.115. The van der Waals surface area contributed by atoms with Crippen LogP contribution in [0.1, 0.15) is 40.5 Å². The second-order valence-electron chi connectivity index (χ2n) is 5.96. The van der Waals surface area contributed by atoms with Crippen molar-refractivity contribution < 1.29 is 14.3 Å². The van der Waals surface area contributed by atoms with Crippen molar-refractivity contribution in [3.63, 3.8) is 0 Å². The summed E-state index contributed by atoms with van der Waals surface area (Å²) in [5, 5.41) is 0. The van der Waals surface area contributed by atoms with Gasteiger partial charge in [-0.05, 0) is 27.2 Å². The van der Waals surface area contributed by atoms with E-state index < -0.39 is 5.60 Å². The molecule has 0 spiro atoms. The number of Topliss-reactive ketones (excluding diaryl/α,β-unsaturated/α-hetero) is 1. The minimum absolute atomic E-state index is 0.0215. The van der Waals surface area contributed by atoms with Crippen LogP contribution >= 0.6 is 0 Å². The van der Waals surface area contributed by atoms with E-state index in [4.69, 9.17) is 4.74 Å². The topological polar surface area (TPSA) is 46.6 Å². The lowest BCUT2D eigenvalue weighted by Gasteiger charge is -2.36.